The molecule has 0 heterocycles. The van der Waals surface area contributed by atoms with Gasteiger partial charge in [-0.25, -0.2) is 4.79 Å². The van der Waals surface area contributed by atoms with Gasteiger partial charge in [0.15, 0.2) is 0 Å². The van der Waals surface area contributed by atoms with E-state index < -0.39 is 5.97 Å². The number of hydrogen-bond donors (Lipinski definition) is 0. The summed E-state index contributed by atoms with van der Waals surface area (Å²) in [6.45, 7) is 9.87. The highest BCUT2D eigenvalue weighted by molar-refractivity contribution is 6.01. The number of aliphatic imine (C=N–C) groups is 1. The van der Waals surface area contributed by atoms with Crippen molar-refractivity contribution >= 4 is 18.2 Å². The second kappa shape index (κ2) is 15.4. The van der Waals surface area contributed by atoms with Gasteiger partial charge in [-0.1, -0.05) is 63.9 Å². The van der Waals surface area contributed by atoms with E-state index in [0.29, 0.717) is 12.0 Å². The van der Waals surface area contributed by atoms with Crippen LogP contribution in [0.25, 0.3) is 0 Å². The topological polar surface area (TPSA) is 59.0 Å². The zero-order chi connectivity index (χ0) is 23.0. The van der Waals surface area contributed by atoms with E-state index in [1.165, 1.54) is 56.3 Å². The van der Waals surface area contributed by atoms with Crippen LogP contribution >= 0.6 is 0 Å². The molecular weight excluding hydrogens is 376 g/mol. The Morgan fingerprint density at radius 3 is 2.17 bits per heavy atom. The normalized spacial score (nSPS) is 14.8. The highest BCUT2D eigenvalue weighted by Crippen LogP contribution is 2.43. The summed E-state index contributed by atoms with van der Waals surface area (Å²) < 4.78 is 4.73. The largest absolute Gasteiger partial charge is 0.463 e. The fourth-order valence-electron chi connectivity index (χ4n) is 3.51. The maximum absolute atomic E-state index is 11.4. The van der Waals surface area contributed by atoms with Gasteiger partial charge >= 0.3 is 5.97 Å². The van der Waals surface area contributed by atoms with Crippen molar-refractivity contribution in [2.75, 3.05) is 20.7 Å². The van der Waals surface area contributed by atoms with Crippen LogP contribution in [0.5, 0.6) is 0 Å². The molecule has 0 N–H and O–H groups in total. The molecule has 0 radical (unpaired) electrons. The Labute approximate surface area is 183 Å². The Morgan fingerprint density at radius 2 is 1.70 bits per heavy atom. The third-order valence-electron chi connectivity index (χ3n) is 5.20. The van der Waals surface area contributed by atoms with Crippen LogP contribution in [-0.2, 0) is 19.7 Å². The highest BCUT2D eigenvalue weighted by atomic mass is 16.5. The molecule has 30 heavy (non-hydrogen) atoms. The molecule has 1 aromatic rings. The van der Waals surface area contributed by atoms with Gasteiger partial charge in [-0.3, -0.25) is 9.79 Å². The second-order valence-electron chi connectivity index (χ2n) is 7.08. The van der Waals surface area contributed by atoms with Crippen LogP contribution in [-0.4, -0.2) is 43.8 Å². The third-order valence-corrected chi connectivity index (χ3v) is 5.20. The maximum Gasteiger partial charge on any atom is 0.333 e. The number of likely N-dealkylation sites (N-methyl/N-ethyl adjacent to an activating group) is 1. The molecule has 0 bridgehead atoms. The van der Waals surface area contributed by atoms with Crippen LogP contribution in [0.4, 0.5) is 0 Å². The average Bonchev–Trinajstić information content (AvgIpc) is 3.27. The van der Waals surface area contributed by atoms with E-state index in [4.69, 9.17) is 4.74 Å². The fraction of sp³-hybridized carbons (Fsp3) is 0.560. The average molecular weight is 417 g/mol. The first-order valence-electron chi connectivity index (χ1n) is 11.0. The molecule has 0 saturated heterocycles. The number of hydrogen-bond acceptors (Lipinski definition) is 4. The van der Waals surface area contributed by atoms with Crippen molar-refractivity contribution in [2.45, 2.75) is 72.1 Å². The predicted octanol–water partition coefficient (Wildman–Crippen LogP) is 5.55. The number of nitrogens with zero attached hydrogens (tertiary/aromatic N) is 2. The van der Waals surface area contributed by atoms with E-state index in [9.17, 15) is 9.59 Å². The van der Waals surface area contributed by atoms with Crippen molar-refractivity contribution < 1.29 is 14.3 Å². The first-order chi connectivity index (χ1) is 14.4. The minimum absolute atomic E-state index is 0.276. The monoisotopic (exact) mass is 416 g/mol. The SMILES string of the molecule is CC.CCC1(c2ccccc2)CCCC1.CCOC(=O)/C(C)=C/C(=O)N(C)C=NC. The van der Waals surface area contributed by atoms with Crippen LogP contribution < -0.4 is 0 Å². The molecule has 0 aromatic heterocycles. The Morgan fingerprint density at radius 1 is 1.13 bits per heavy atom. The van der Waals surface area contributed by atoms with Crippen LogP contribution in [0.2, 0.25) is 0 Å². The number of benzene rings is 1. The molecule has 5 heteroatoms. The van der Waals surface area contributed by atoms with E-state index in [0.717, 1.165) is 0 Å². The van der Waals surface area contributed by atoms with Crippen molar-refractivity contribution in [1.82, 2.24) is 4.90 Å². The summed E-state index contributed by atoms with van der Waals surface area (Å²) in [6, 6.07) is 11.1. The standard InChI is InChI=1S/C13H18.C10H16N2O3.C2H6/c1-2-13(10-6-7-11-13)12-8-4-3-5-9-12;1-5-15-10(14)8(2)6-9(13)12(4)7-11-3;1-2/h3-5,8-9H,2,6-7,10-11H2,1H3;6-7H,5H2,1-4H3;1-2H3/b;8-6+,11-7?;. The number of ether oxygens (including phenoxy) is 1. The van der Waals surface area contributed by atoms with Gasteiger partial charge in [0.1, 0.15) is 0 Å². The Hall–Kier alpha value is -2.43. The molecule has 1 aliphatic rings. The minimum atomic E-state index is -0.479. The van der Waals surface area contributed by atoms with Gasteiger partial charge < -0.3 is 9.64 Å². The molecule has 0 spiro atoms. The number of amides is 1. The van der Waals surface area contributed by atoms with Crippen LogP contribution in [0, 0.1) is 0 Å². The second-order valence-corrected chi connectivity index (χ2v) is 7.08. The Bertz CT molecular complexity index is 675. The molecule has 5 nitrogen and oxygen atoms in total. The summed E-state index contributed by atoms with van der Waals surface area (Å²) in [4.78, 5) is 27.5. The fourth-order valence-corrected chi connectivity index (χ4v) is 3.51. The van der Waals surface area contributed by atoms with Crippen molar-refractivity contribution in [3.63, 3.8) is 0 Å². The molecule has 1 amide bonds. The van der Waals surface area contributed by atoms with Gasteiger partial charge in [-0.2, -0.15) is 0 Å². The van der Waals surface area contributed by atoms with Gasteiger partial charge in [0.2, 0.25) is 0 Å². The lowest BCUT2D eigenvalue weighted by Crippen LogP contribution is -2.24. The van der Waals surface area contributed by atoms with Gasteiger partial charge in [0.05, 0.1) is 12.9 Å². The Kier molecular flexibility index (Phi) is 14.2. The number of carbonyl (C=O) groups is 2. The quantitative estimate of drug-likeness (QED) is 0.264. The smallest absolute Gasteiger partial charge is 0.333 e. The molecule has 1 aliphatic carbocycles. The summed E-state index contributed by atoms with van der Waals surface area (Å²) in [6.07, 6.45) is 9.53. The summed E-state index contributed by atoms with van der Waals surface area (Å²) in [5.41, 5.74) is 2.37. The highest BCUT2D eigenvalue weighted by Gasteiger charge is 2.33. The lowest BCUT2D eigenvalue weighted by Gasteiger charge is -2.27. The molecule has 0 unspecified atom stereocenters. The van der Waals surface area contributed by atoms with Crippen molar-refractivity contribution in [1.29, 1.82) is 0 Å². The van der Waals surface area contributed by atoms with Crippen molar-refractivity contribution in [3.05, 3.63) is 47.5 Å². The summed E-state index contributed by atoms with van der Waals surface area (Å²) >= 11 is 0. The van der Waals surface area contributed by atoms with Crippen LogP contribution in [0.3, 0.4) is 0 Å². The lowest BCUT2D eigenvalue weighted by atomic mass is 9.77. The van der Waals surface area contributed by atoms with Crippen molar-refractivity contribution in [3.8, 4) is 0 Å². The zero-order valence-corrected chi connectivity index (χ0v) is 19.9. The van der Waals surface area contributed by atoms with E-state index in [-0.39, 0.29) is 11.5 Å². The van der Waals surface area contributed by atoms with Crippen LogP contribution in [0.1, 0.15) is 72.3 Å². The predicted molar refractivity (Wildman–Crippen MR) is 126 cm³/mol. The van der Waals surface area contributed by atoms with Crippen molar-refractivity contribution in [2.24, 2.45) is 4.99 Å². The number of carbonyl (C=O) groups excluding carboxylic acids is 2. The summed E-state index contributed by atoms with van der Waals surface area (Å²) in [5, 5.41) is 0. The summed E-state index contributed by atoms with van der Waals surface area (Å²) in [7, 11) is 3.12. The van der Waals surface area contributed by atoms with Gasteiger partial charge in [0, 0.05) is 25.7 Å². The van der Waals surface area contributed by atoms with E-state index in [2.05, 4.69) is 42.2 Å². The molecule has 1 fully saturated rings. The van der Waals surface area contributed by atoms with E-state index >= 15 is 0 Å². The first-order valence-corrected chi connectivity index (χ1v) is 11.0. The minimum Gasteiger partial charge on any atom is -0.463 e. The molecule has 1 aromatic carbocycles. The van der Waals surface area contributed by atoms with Gasteiger partial charge in [-0.15, -0.1) is 0 Å². The molecule has 168 valence electrons. The molecule has 1 saturated carbocycles. The first kappa shape index (κ1) is 27.6. The molecule has 0 atom stereocenters. The molecule has 0 aliphatic heterocycles. The van der Waals surface area contributed by atoms with Gasteiger partial charge in [0.25, 0.3) is 5.91 Å². The molecular formula is C25H40N2O3. The maximum atomic E-state index is 11.4. The van der Waals surface area contributed by atoms with Gasteiger partial charge in [-0.05, 0) is 44.1 Å². The zero-order valence-electron chi connectivity index (χ0n) is 19.9. The van der Waals surface area contributed by atoms with E-state index in [1.807, 2.05) is 13.8 Å². The summed E-state index contributed by atoms with van der Waals surface area (Å²) in [5.74, 6) is -0.793. The van der Waals surface area contributed by atoms with Crippen LogP contribution in [0.15, 0.2) is 47.0 Å². The number of rotatable bonds is 6. The third kappa shape index (κ3) is 8.93. The lowest BCUT2D eigenvalue weighted by molar-refractivity contribution is -0.138. The Balaban J connectivity index is 0.000000520. The van der Waals surface area contributed by atoms with E-state index in [1.54, 1.807) is 26.6 Å². The number of esters is 1. The molecule has 2 rings (SSSR count).